The summed E-state index contributed by atoms with van der Waals surface area (Å²) in [6, 6.07) is 6.07. The Labute approximate surface area is 163 Å². The minimum atomic E-state index is 0. The monoisotopic (exact) mass is 384 g/mol. The first kappa shape index (κ1) is 22.7. The standard InChI is InChI=1S/C20H32N2O3.ClH/c1-15-6-7-18(19(11-15)25-10-9-24-3)14-22-20(23)12-16(2)17-5-4-8-21-13-17;/h6-7,11,16-17,21H,4-5,8-10,12-14H2,1-3H3,(H,22,23);1H. The maximum atomic E-state index is 12.3. The fourth-order valence-corrected chi connectivity index (χ4v) is 3.27. The number of carbonyl (C=O) groups excluding carboxylic acids is 1. The van der Waals surface area contributed by atoms with E-state index < -0.39 is 0 Å². The summed E-state index contributed by atoms with van der Waals surface area (Å²) in [5, 5.41) is 6.47. The van der Waals surface area contributed by atoms with Gasteiger partial charge in [0.05, 0.1) is 6.61 Å². The molecule has 5 nitrogen and oxygen atoms in total. The Morgan fingerprint density at radius 2 is 2.19 bits per heavy atom. The van der Waals surface area contributed by atoms with E-state index in [1.54, 1.807) is 7.11 Å². The Morgan fingerprint density at radius 1 is 1.38 bits per heavy atom. The van der Waals surface area contributed by atoms with E-state index in [-0.39, 0.29) is 18.3 Å². The zero-order valence-corrected chi connectivity index (χ0v) is 17.0. The first-order valence-electron chi connectivity index (χ1n) is 9.29. The molecule has 0 radical (unpaired) electrons. The van der Waals surface area contributed by atoms with E-state index in [0.29, 0.717) is 38.0 Å². The molecule has 0 aromatic heterocycles. The smallest absolute Gasteiger partial charge is 0.220 e. The molecule has 148 valence electrons. The van der Waals surface area contributed by atoms with Gasteiger partial charge in [0.25, 0.3) is 0 Å². The molecule has 0 aliphatic carbocycles. The number of halogens is 1. The molecule has 2 rings (SSSR count). The predicted molar refractivity (Wildman–Crippen MR) is 107 cm³/mol. The first-order chi connectivity index (χ1) is 12.1. The molecule has 2 N–H and O–H groups in total. The molecule has 1 aromatic carbocycles. The lowest BCUT2D eigenvalue weighted by atomic mass is 9.85. The van der Waals surface area contributed by atoms with E-state index in [2.05, 4.69) is 17.6 Å². The van der Waals surface area contributed by atoms with Crippen LogP contribution in [0.3, 0.4) is 0 Å². The van der Waals surface area contributed by atoms with Gasteiger partial charge in [0.1, 0.15) is 12.4 Å². The highest BCUT2D eigenvalue weighted by Crippen LogP contribution is 2.23. The molecule has 1 heterocycles. The van der Waals surface area contributed by atoms with Gasteiger partial charge in [-0.25, -0.2) is 0 Å². The Hall–Kier alpha value is -1.30. The lowest BCUT2D eigenvalue weighted by Gasteiger charge is -2.28. The van der Waals surface area contributed by atoms with Crippen LogP contribution in [0.25, 0.3) is 0 Å². The van der Waals surface area contributed by atoms with Crippen LogP contribution in [-0.2, 0) is 16.1 Å². The molecule has 0 bridgehead atoms. The van der Waals surface area contributed by atoms with Gasteiger partial charge < -0.3 is 20.1 Å². The van der Waals surface area contributed by atoms with Crippen molar-refractivity contribution in [1.29, 1.82) is 0 Å². The number of carbonyl (C=O) groups is 1. The summed E-state index contributed by atoms with van der Waals surface area (Å²) >= 11 is 0. The van der Waals surface area contributed by atoms with Gasteiger partial charge in [-0.1, -0.05) is 19.1 Å². The van der Waals surface area contributed by atoms with E-state index in [9.17, 15) is 4.79 Å². The number of piperidine rings is 1. The number of nitrogens with one attached hydrogen (secondary N) is 2. The largest absolute Gasteiger partial charge is 0.491 e. The molecule has 0 saturated carbocycles. The molecule has 1 aromatic rings. The molecule has 1 aliphatic rings. The number of amides is 1. The lowest BCUT2D eigenvalue weighted by Crippen LogP contribution is -2.35. The Kier molecular flexibility index (Phi) is 10.6. The van der Waals surface area contributed by atoms with Gasteiger partial charge in [-0.15, -0.1) is 12.4 Å². The number of benzene rings is 1. The summed E-state index contributed by atoms with van der Waals surface area (Å²) in [6.45, 7) is 7.91. The first-order valence-corrected chi connectivity index (χ1v) is 9.29. The second-order valence-electron chi connectivity index (χ2n) is 7.02. The van der Waals surface area contributed by atoms with Crippen molar-refractivity contribution < 1.29 is 14.3 Å². The molecular weight excluding hydrogens is 352 g/mol. The van der Waals surface area contributed by atoms with Crippen LogP contribution in [0.1, 0.15) is 37.3 Å². The van der Waals surface area contributed by atoms with Gasteiger partial charge >= 0.3 is 0 Å². The van der Waals surface area contributed by atoms with Crippen LogP contribution in [0, 0.1) is 18.8 Å². The third-order valence-electron chi connectivity index (χ3n) is 4.89. The predicted octanol–water partition coefficient (Wildman–Crippen LogP) is 3.08. The minimum absolute atomic E-state index is 0. The van der Waals surface area contributed by atoms with E-state index in [0.717, 1.165) is 30.0 Å². The van der Waals surface area contributed by atoms with Crippen LogP contribution in [-0.4, -0.2) is 39.3 Å². The molecular formula is C20H33ClN2O3. The Balaban J connectivity index is 0.00000338. The van der Waals surface area contributed by atoms with Gasteiger partial charge in [-0.3, -0.25) is 4.79 Å². The zero-order valence-electron chi connectivity index (χ0n) is 16.2. The molecule has 1 amide bonds. The van der Waals surface area contributed by atoms with Gasteiger partial charge in [0.15, 0.2) is 0 Å². The fraction of sp³-hybridized carbons (Fsp3) is 0.650. The van der Waals surface area contributed by atoms with Crippen LogP contribution in [0.4, 0.5) is 0 Å². The van der Waals surface area contributed by atoms with E-state index in [4.69, 9.17) is 9.47 Å². The van der Waals surface area contributed by atoms with Gasteiger partial charge in [-0.05, 0) is 56.3 Å². The van der Waals surface area contributed by atoms with Crippen molar-refractivity contribution in [2.45, 2.75) is 39.7 Å². The number of ether oxygens (including phenoxy) is 2. The van der Waals surface area contributed by atoms with Crippen LogP contribution < -0.4 is 15.4 Å². The van der Waals surface area contributed by atoms with Crippen LogP contribution >= 0.6 is 12.4 Å². The van der Waals surface area contributed by atoms with E-state index in [1.807, 2.05) is 25.1 Å². The second kappa shape index (κ2) is 12.2. The molecule has 2 unspecified atom stereocenters. The second-order valence-corrected chi connectivity index (χ2v) is 7.02. The van der Waals surface area contributed by atoms with Crippen LogP contribution in [0.15, 0.2) is 18.2 Å². The third-order valence-corrected chi connectivity index (χ3v) is 4.89. The minimum Gasteiger partial charge on any atom is -0.491 e. The highest BCUT2D eigenvalue weighted by atomic mass is 35.5. The SMILES string of the molecule is COCCOc1cc(C)ccc1CNC(=O)CC(C)C1CCCNC1.Cl. The summed E-state index contributed by atoms with van der Waals surface area (Å²) in [7, 11) is 1.66. The Bertz CT molecular complexity index is 548. The number of methoxy groups -OCH3 is 1. The highest BCUT2D eigenvalue weighted by molar-refractivity contribution is 5.85. The summed E-state index contributed by atoms with van der Waals surface area (Å²) < 4.78 is 10.8. The van der Waals surface area contributed by atoms with Gasteiger partial charge in [0.2, 0.25) is 5.91 Å². The fourth-order valence-electron chi connectivity index (χ4n) is 3.27. The summed E-state index contributed by atoms with van der Waals surface area (Å²) in [6.07, 6.45) is 3.01. The summed E-state index contributed by atoms with van der Waals surface area (Å²) in [5.41, 5.74) is 2.14. The summed E-state index contributed by atoms with van der Waals surface area (Å²) in [5.74, 6) is 1.94. The molecule has 0 spiro atoms. The lowest BCUT2D eigenvalue weighted by molar-refractivity contribution is -0.122. The number of hydrogen-bond donors (Lipinski definition) is 2. The van der Waals surface area contributed by atoms with Gasteiger partial charge in [0, 0.05) is 25.6 Å². The maximum Gasteiger partial charge on any atom is 0.220 e. The number of hydrogen-bond acceptors (Lipinski definition) is 4. The van der Waals surface area contributed by atoms with Crippen LogP contribution in [0.5, 0.6) is 5.75 Å². The maximum absolute atomic E-state index is 12.3. The third kappa shape index (κ3) is 7.52. The van der Waals surface area contributed by atoms with Crippen molar-refractivity contribution in [3.63, 3.8) is 0 Å². The molecule has 1 aliphatic heterocycles. The zero-order chi connectivity index (χ0) is 18.1. The van der Waals surface area contributed by atoms with E-state index >= 15 is 0 Å². The average molecular weight is 385 g/mol. The highest BCUT2D eigenvalue weighted by Gasteiger charge is 2.22. The number of rotatable bonds is 9. The normalized spacial score (nSPS) is 17.9. The van der Waals surface area contributed by atoms with Gasteiger partial charge in [-0.2, -0.15) is 0 Å². The topological polar surface area (TPSA) is 59.6 Å². The van der Waals surface area contributed by atoms with Crippen molar-refractivity contribution in [3.05, 3.63) is 29.3 Å². The van der Waals surface area contributed by atoms with Crippen molar-refractivity contribution >= 4 is 18.3 Å². The molecule has 26 heavy (non-hydrogen) atoms. The molecule has 1 saturated heterocycles. The Morgan fingerprint density at radius 3 is 2.88 bits per heavy atom. The van der Waals surface area contributed by atoms with Crippen molar-refractivity contribution in [2.75, 3.05) is 33.4 Å². The molecule has 2 atom stereocenters. The average Bonchev–Trinajstić information content (AvgIpc) is 2.62. The van der Waals surface area contributed by atoms with Crippen molar-refractivity contribution in [1.82, 2.24) is 10.6 Å². The van der Waals surface area contributed by atoms with E-state index in [1.165, 1.54) is 12.8 Å². The number of aryl methyl sites for hydroxylation is 1. The molecule has 1 fully saturated rings. The molecule has 6 heteroatoms. The van der Waals surface area contributed by atoms with Crippen molar-refractivity contribution in [2.24, 2.45) is 11.8 Å². The van der Waals surface area contributed by atoms with Crippen LogP contribution in [0.2, 0.25) is 0 Å². The summed E-state index contributed by atoms with van der Waals surface area (Å²) in [4.78, 5) is 12.3. The van der Waals surface area contributed by atoms with Crippen molar-refractivity contribution in [3.8, 4) is 5.75 Å². The quantitative estimate of drug-likeness (QED) is 0.642.